The van der Waals surface area contributed by atoms with Gasteiger partial charge in [0.2, 0.25) is 6.23 Å². The Morgan fingerprint density at radius 3 is 2.60 bits per heavy atom. The van der Waals surface area contributed by atoms with Crippen LogP contribution in [0.15, 0.2) is 28.9 Å². The molecule has 15 heavy (non-hydrogen) atoms. The largest absolute Gasteiger partial charge is 0.464 e. The molecule has 3 nitrogen and oxygen atoms in total. The van der Waals surface area contributed by atoms with Crippen LogP contribution in [0.25, 0.3) is 5.76 Å². The summed E-state index contributed by atoms with van der Waals surface area (Å²) in [6, 6.07) is 3.21. The van der Waals surface area contributed by atoms with Gasteiger partial charge in [0, 0.05) is 6.08 Å². The van der Waals surface area contributed by atoms with Crippen LogP contribution in [0.2, 0.25) is 0 Å². The number of hydrogen-bond donors (Lipinski definition) is 0. The lowest BCUT2D eigenvalue weighted by Crippen LogP contribution is -2.41. The summed E-state index contributed by atoms with van der Waals surface area (Å²) in [5.41, 5.74) is 0. The molecule has 0 N–H and O–H groups in total. The van der Waals surface area contributed by atoms with E-state index in [2.05, 4.69) is 0 Å². The Labute approximate surface area is 85.9 Å². The van der Waals surface area contributed by atoms with E-state index in [0.29, 0.717) is 5.76 Å². The maximum absolute atomic E-state index is 13.4. The predicted octanol–water partition coefficient (Wildman–Crippen LogP) is 2.17. The molecule has 1 aliphatic heterocycles. The van der Waals surface area contributed by atoms with E-state index in [4.69, 9.17) is 9.15 Å². The smallest absolute Gasteiger partial charge is 0.320 e. The Hall–Kier alpha value is -1.36. The van der Waals surface area contributed by atoms with Crippen LogP contribution in [0, 0.1) is 0 Å². The van der Waals surface area contributed by atoms with Crippen LogP contribution >= 0.6 is 0 Å². The van der Waals surface area contributed by atoms with Gasteiger partial charge < -0.3 is 9.15 Å². The van der Waals surface area contributed by atoms with Crippen molar-refractivity contribution >= 4 is 5.76 Å². The maximum atomic E-state index is 13.4. The number of furan rings is 1. The molecule has 1 aliphatic rings. The first kappa shape index (κ1) is 10.2. The van der Waals surface area contributed by atoms with Gasteiger partial charge in [0.1, 0.15) is 0 Å². The normalized spacial score (nSPS) is 24.1. The topological polar surface area (TPSA) is 25.6 Å². The lowest BCUT2D eigenvalue weighted by atomic mass is 10.2. The highest BCUT2D eigenvalue weighted by Crippen LogP contribution is 2.37. The molecule has 0 saturated carbocycles. The van der Waals surface area contributed by atoms with E-state index in [-0.39, 0.29) is 5.76 Å². The van der Waals surface area contributed by atoms with Crippen LogP contribution in [0.3, 0.4) is 0 Å². The lowest BCUT2D eigenvalue weighted by Gasteiger charge is -2.24. The van der Waals surface area contributed by atoms with Crippen LogP contribution in [-0.4, -0.2) is 31.1 Å². The van der Waals surface area contributed by atoms with Crippen molar-refractivity contribution in [3.63, 3.8) is 0 Å². The molecule has 1 aromatic rings. The van der Waals surface area contributed by atoms with Gasteiger partial charge in [-0.15, -0.1) is 0 Å². The molecule has 2 rings (SSSR count). The summed E-state index contributed by atoms with van der Waals surface area (Å²) in [7, 11) is 3.08. The fourth-order valence-corrected chi connectivity index (χ4v) is 1.48. The van der Waals surface area contributed by atoms with Gasteiger partial charge in [-0.3, -0.25) is 4.90 Å². The summed E-state index contributed by atoms with van der Waals surface area (Å²) >= 11 is 0. The number of halogens is 2. The van der Waals surface area contributed by atoms with Gasteiger partial charge in [-0.05, 0) is 26.2 Å². The number of rotatable bonds is 2. The first-order valence-corrected chi connectivity index (χ1v) is 4.48. The summed E-state index contributed by atoms with van der Waals surface area (Å²) in [5, 5.41) is 0. The molecular weight excluding hydrogens is 204 g/mol. The molecule has 1 unspecified atom stereocenters. The summed E-state index contributed by atoms with van der Waals surface area (Å²) in [5.74, 6) is -2.59. The Bertz CT molecular complexity index is 371. The van der Waals surface area contributed by atoms with Crippen molar-refractivity contribution < 1.29 is 17.9 Å². The summed E-state index contributed by atoms with van der Waals surface area (Å²) in [4.78, 5) is 1.33. The van der Waals surface area contributed by atoms with E-state index in [1.54, 1.807) is 12.1 Å². The third-order valence-electron chi connectivity index (χ3n) is 2.12. The second-order valence-corrected chi connectivity index (χ2v) is 3.59. The zero-order valence-corrected chi connectivity index (χ0v) is 8.41. The van der Waals surface area contributed by atoms with E-state index < -0.39 is 12.2 Å². The lowest BCUT2D eigenvalue weighted by molar-refractivity contribution is -0.110. The molecular formula is C10H11F2NO2. The monoisotopic (exact) mass is 215 g/mol. The number of nitrogens with zero attached hydrogens (tertiary/aromatic N) is 1. The van der Waals surface area contributed by atoms with Crippen molar-refractivity contribution in [3.8, 4) is 0 Å². The molecule has 0 amide bonds. The number of alkyl halides is 2. The highest BCUT2D eigenvalue weighted by atomic mass is 19.3. The summed E-state index contributed by atoms with van der Waals surface area (Å²) in [6.07, 6.45) is 0.939. The first-order chi connectivity index (χ1) is 7.00. The zero-order valence-electron chi connectivity index (χ0n) is 8.41. The van der Waals surface area contributed by atoms with E-state index in [0.717, 1.165) is 6.08 Å². The quantitative estimate of drug-likeness (QED) is 0.756. The molecule has 1 aromatic heterocycles. The van der Waals surface area contributed by atoms with E-state index in [9.17, 15) is 8.78 Å². The van der Waals surface area contributed by atoms with Crippen molar-refractivity contribution in [1.29, 1.82) is 0 Å². The van der Waals surface area contributed by atoms with Gasteiger partial charge in [-0.2, -0.15) is 8.78 Å². The van der Waals surface area contributed by atoms with Crippen LogP contribution in [0.5, 0.6) is 0 Å². The van der Waals surface area contributed by atoms with Crippen LogP contribution < -0.4 is 0 Å². The molecule has 0 bridgehead atoms. The first-order valence-electron chi connectivity index (χ1n) is 4.48. The standard InChI is InChI=1S/C10H11F2NO2/c1-13(2)9-10(11,12)6-8(15-9)7-4-3-5-14-7/h3-6,9H,1-2H3. The van der Waals surface area contributed by atoms with Crippen molar-refractivity contribution in [2.45, 2.75) is 12.2 Å². The second kappa shape index (κ2) is 3.34. The second-order valence-electron chi connectivity index (χ2n) is 3.59. The number of ether oxygens (including phenoxy) is 1. The van der Waals surface area contributed by atoms with Crippen molar-refractivity contribution in [3.05, 3.63) is 30.2 Å². The predicted molar refractivity (Wildman–Crippen MR) is 50.2 cm³/mol. The molecule has 1 atom stereocenters. The SMILES string of the molecule is CN(C)C1OC(c2ccco2)=CC1(F)F. The van der Waals surface area contributed by atoms with Crippen molar-refractivity contribution in [1.82, 2.24) is 4.90 Å². The minimum Gasteiger partial charge on any atom is -0.464 e. The van der Waals surface area contributed by atoms with Gasteiger partial charge in [0.05, 0.1) is 6.26 Å². The van der Waals surface area contributed by atoms with Crippen LogP contribution in [0.1, 0.15) is 5.76 Å². The minimum atomic E-state index is -2.99. The minimum absolute atomic E-state index is 0.0868. The molecule has 0 fully saturated rings. The van der Waals surface area contributed by atoms with E-state index in [1.165, 1.54) is 25.3 Å². The molecule has 0 saturated heterocycles. The van der Waals surface area contributed by atoms with E-state index in [1.807, 2.05) is 0 Å². The molecule has 0 aromatic carbocycles. The van der Waals surface area contributed by atoms with Gasteiger partial charge in [0.15, 0.2) is 11.5 Å². The van der Waals surface area contributed by atoms with Gasteiger partial charge in [-0.1, -0.05) is 0 Å². The summed E-state index contributed by atoms with van der Waals surface area (Å²) in [6.45, 7) is 0. The number of hydrogen-bond acceptors (Lipinski definition) is 3. The van der Waals surface area contributed by atoms with Crippen LogP contribution in [-0.2, 0) is 4.74 Å². The fourth-order valence-electron chi connectivity index (χ4n) is 1.48. The Morgan fingerprint density at radius 2 is 2.13 bits per heavy atom. The molecule has 0 spiro atoms. The molecule has 0 radical (unpaired) electrons. The Morgan fingerprint density at radius 1 is 1.40 bits per heavy atom. The van der Waals surface area contributed by atoms with Crippen molar-refractivity contribution in [2.24, 2.45) is 0 Å². The highest BCUT2D eigenvalue weighted by molar-refractivity contribution is 5.58. The Kier molecular flexibility index (Phi) is 2.26. The van der Waals surface area contributed by atoms with Gasteiger partial charge in [-0.25, -0.2) is 0 Å². The van der Waals surface area contributed by atoms with E-state index >= 15 is 0 Å². The molecule has 2 heterocycles. The van der Waals surface area contributed by atoms with Crippen LogP contribution in [0.4, 0.5) is 8.78 Å². The zero-order chi connectivity index (χ0) is 11.1. The third kappa shape index (κ3) is 1.74. The third-order valence-corrected chi connectivity index (χ3v) is 2.12. The molecule has 0 aliphatic carbocycles. The van der Waals surface area contributed by atoms with Crippen molar-refractivity contribution in [2.75, 3.05) is 14.1 Å². The fraction of sp³-hybridized carbons (Fsp3) is 0.400. The maximum Gasteiger partial charge on any atom is 0.320 e. The summed E-state index contributed by atoms with van der Waals surface area (Å²) < 4.78 is 37.0. The highest BCUT2D eigenvalue weighted by Gasteiger charge is 2.47. The molecule has 82 valence electrons. The Balaban J connectivity index is 2.26. The van der Waals surface area contributed by atoms with Gasteiger partial charge in [0.25, 0.3) is 0 Å². The van der Waals surface area contributed by atoms with Gasteiger partial charge >= 0.3 is 5.92 Å². The molecule has 5 heteroatoms. The average Bonchev–Trinajstić information content (AvgIpc) is 2.69. The average molecular weight is 215 g/mol.